The number of fused-ring (bicyclic) bond motifs is 1. The van der Waals surface area contributed by atoms with E-state index in [2.05, 4.69) is 4.98 Å². The van der Waals surface area contributed by atoms with Crippen molar-refractivity contribution in [2.45, 2.75) is 12.2 Å². The van der Waals surface area contributed by atoms with Gasteiger partial charge in [-0.05, 0) is 23.8 Å². The lowest BCUT2D eigenvalue weighted by Crippen LogP contribution is -2.38. The number of carbonyl (C=O) groups excluding carboxylic acids is 1. The Labute approximate surface area is 168 Å². The zero-order chi connectivity index (χ0) is 22.1. The summed E-state index contributed by atoms with van der Waals surface area (Å²) in [5, 5.41) is 2.36. The van der Waals surface area contributed by atoms with Gasteiger partial charge < -0.3 is 24.5 Å². The molecule has 0 fully saturated rings. The predicted octanol–water partition coefficient (Wildman–Crippen LogP) is 4.37. The molecule has 2 N–H and O–H groups in total. The van der Waals surface area contributed by atoms with Gasteiger partial charge in [0.05, 0.1) is 26.8 Å². The number of nitrogens with one attached hydrogen (secondary N) is 2. The van der Waals surface area contributed by atoms with Gasteiger partial charge in [0.2, 0.25) is 0 Å². The second kappa shape index (κ2) is 8.13. The first-order valence-electron chi connectivity index (χ1n) is 8.64. The molecule has 0 saturated carbocycles. The second-order valence-electron chi connectivity index (χ2n) is 6.29. The molecule has 0 radical (unpaired) electrons. The average molecular weight is 426 g/mol. The number of aromatic nitrogens is 1. The number of hydrogen-bond acceptors (Lipinski definition) is 4. The van der Waals surface area contributed by atoms with Gasteiger partial charge in [0.15, 0.2) is 17.5 Å². The summed E-state index contributed by atoms with van der Waals surface area (Å²) in [5.41, 5.74) is -0.124. The minimum atomic E-state index is -4.79. The summed E-state index contributed by atoms with van der Waals surface area (Å²) < 4.78 is 69.5. The minimum Gasteiger partial charge on any atom is -0.496 e. The number of carbonyl (C=O) groups is 1. The summed E-state index contributed by atoms with van der Waals surface area (Å²) in [6, 6.07) is 4.29. The standard InChI is InChI=1S/C20H18F4N2O4/c1-28-14-9-15(29-2)17(30-3)16-12(14)8-13(25-16)19(27)26-18(20(22,23)24)10-4-6-11(21)7-5-10/h4-9,18,25H,1-3H3,(H,26,27). The van der Waals surface area contributed by atoms with E-state index in [0.717, 1.165) is 24.3 Å². The van der Waals surface area contributed by atoms with E-state index < -0.39 is 23.9 Å². The van der Waals surface area contributed by atoms with Crippen LogP contribution in [0.1, 0.15) is 22.1 Å². The highest BCUT2D eigenvalue weighted by Crippen LogP contribution is 2.41. The van der Waals surface area contributed by atoms with E-state index in [4.69, 9.17) is 14.2 Å². The van der Waals surface area contributed by atoms with E-state index in [1.807, 2.05) is 5.32 Å². The molecule has 30 heavy (non-hydrogen) atoms. The molecule has 10 heteroatoms. The molecular formula is C20H18F4N2O4. The Morgan fingerprint density at radius 2 is 1.63 bits per heavy atom. The molecule has 3 aromatic rings. The Hall–Kier alpha value is -3.43. The van der Waals surface area contributed by atoms with Gasteiger partial charge in [0.1, 0.15) is 17.3 Å². The lowest BCUT2D eigenvalue weighted by atomic mass is 10.1. The van der Waals surface area contributed by atoms with Crippen molar-refractivity contribution in [3.05, 3.63) is 53.5 Å². The lowest BCUT2D eigenvalue weighted by molar-refractivity contribution is -0.155. The zero-order valence-electron chi connectivity index (χ0n) is 16.2. The van der Waals surface area contributed by atoms with Crippen molar-refractivity contribution in [2.75, 3.05) is 21.3 Å². The molecule has 0 aliphatic rings. The first-order chi connectivity index (χ1) is 14.2. The van der Waals surface area contributed by atoms with Gasteiger partial charge in [-0.15, -0.1) is 0 Å². The number of methoxy groups -OCH3 is 3. The Balaban J connectivity index is 2.02. The normalized spacial score (nSPS) is 12.5. The maximum Gasteiger partial charge on any atom is 0.412 e. The Bertz CT molecular complexity index is 1060. The molecule has 0 aliphatic carbocycles. The van der Waals surface area contributed by atoms with Crippen LogP contribution in [-0.4, -0.2) is 38.4 Å². The third kappa shape index (κ3) is 3.98. The van der Waals surface area contributed by atoms with Gasteiger partial charge >= 0.3 is 6.18 Å². The summed E-state index contributed by atoms with van der Waals surface area (Å²) in [5.74, 6) is -0.784. The van der Waals surface area contributed by atoms with E-state index in [9.17, 15) is 22.4 Å². The molecule has 1 heterocycles. The maximum absolute atomic E-state index is 13.5. The van der Waals surface area contributed by atoms with Crippen LogP contribution in [0, 0.1) is 5.82 Å². The molecule has 160 valence electrons. The van der Waals surface area contributed by atoms with Gasteiger partial charge in [0.25, 0.3) is 5.91 Å². The smallest absolute Gasteiger partial charge is 0.412 e. The minimum absolute atomic E-state index is 0.147. The lowest BCUT2D eigenvalue weighted by Gasteiger charge is -2.21. The Morgan fingerprint density at radius 1 is 1.00 bits per heavy atom. The maximum atomic E-state index is 13.5. The Morgan fingerprint density at radius 3 is 2.17 bits per heavy atom. The van der Waals surface area contributed by atoms with Crippen LogP contribution in [0.5, 0.6) is 17.2 Å². The van der Waals surface area contributed by atoms with Gasteiger partial charge in [-0.2, -0.15) is 13.2 Å². The van der Waals surface area contributed by atoms with Gasteiger partial charge in [-0.25, -0.2) is 4.39 Å². The Kier molecular flexibility index (Phi) is 5.77. The number of aromatic amines is 1. The molecule has 0 bridgehead atoms. The number of halogens is 4. The quantitative estimate of drug-likeness (QED) is 0.575. The molecule has 1 atom stereocenters. The van der Waals surface area contributed by atoms with Crippen LogP contribution in [0.15, 0.2) is 36.4 Å². The van der Waals surface area contributed by atoms with E-state index in [1.54, 1.807) is 0 Å². The highest BCUT2D eigenvalue weighted by molar-refractivity contribution is 6.02. The van der Waals surface area contributed by atoms with Gasteiger partial charge in [0, 0.05) is 11.5 Å². The fourth-order valence-corrected chi connectivity index (χ4v) is 3.08. The molecule has 1 aromatic heterocycles. The van der Waals surface area contributed by atoms with E-state index in [1.165, 1.54) is 33.5 Å². The van der Waals surface area contributed by atoms with Crippen LogP contribution in [0.2, 0.25) is 0 Å². The zero-order valence-corrected chi connectivity index (χ0v) is 16.2. The highest BCUT2D eigenvalue weighted by atomic mass is 19.4. The van der Waals surface area contributed by atoms with Crippen LogP contribution in [0.25, 0.3) is 10.9 Å². The topological polar surface area (TPSA) is 72.6 Å². The number of alkyl halides is 3. The number of rotatable bonds is 6. The molecule has 1 amide bonds. The van der Waals surface area contributed by atoms with Crippen molar-refractivity contribution < 1.29 is 36.6 Å². The monoisotopic (exact) mass is 426 g/mol. The second-order valence-corrected chi connectivity index (χ2v) is 6.29. The van der Waals surface area contributed by atoms with Gasteiger partial charge in [-0.1, -0.05) is 12.1 Å². The van der Waals surface area contributed by atoms with Crippen LogP contribution in [-0.2, 0) is 0 Å². The number of H-pyrrole nitrogens is 1. The van der Waals surface area contributed by atoms with E-state index in [-0.39, 0.29) is 17.0 Å². The number of ether oxygens (including phenoxy) is 3. The fraction of sp³-hybridized carbons (Fsp3) is 0.250. The van der Waals surface area contributed by atoms with E-state index >= 15 is 0 Å². The van der Waals surface area contributed by atoms with Crippen LogP contribution < -0.4 is 19.5 Å². The third-order valence-electron chi connectivity index (χ3n) is 4.49. The summed E-state index contributed by atoms with van der Waals surface area (Å²) in [4.78, 5) is 15.4. The van der Waals surface area contributed by atoms with Crippen LogP contribution in [0.4, 0.5) is 17.6 Å². The SMILES string of the molecule is COc1cc(OC)c2cc(C(=O)NC(c3ccc(F)cc3)C(F)(F)F)[nH]c2c1OC. The summed E-state index contributed by atoms with van der Waals surface area (Å²) in [7, 11) is 4.20. The van der Waals surface area contributed by atoms with Crippen molar-refractivity contribution >= 4 is 16.8 Å². The largest absolute Gasteiger partial charge is 0.496 e. The number of hydrogen-bond donors (Lipinski definition) is 2. The number of benzene rings is 2. The highest BCUT2D eigenvalue weighted by Gasteiger charge is 2.42. The third-order valence-corrected chi connectivity index (χ3v) is 4.49. The molecular weight excluding hydrogens is 408 g/mol. The molecule has 3 rings (SSSR count). The van der Waals surface area contributed by atoms with Gasteiger partial charge in [-0.3, -0.25) is 4.79 Å². The van der Waals surface area contributed by atoms with Crippen molar-refractivity contribution in [3.63, 3.8) is 0 Å². The molecule has 1 unspecified atom stereocenters. The number of amides is 1. The summed E-state index contributed by atoms with van der Waals surface area (Å²) >= 11 is 0. The summed E-state index contributed by atoms with van der Waals surface area (Å²) in [6.07, 6.45) is -4.79. The molecule has 2 aromatic carbocycles. The molecule has 0 spiro atoms. The first-order valence-corrected chi connectivity index (χ1v) is 8.64. The van der Waals surface area contributed by atoms with Crippen LogP contribution in [0.3, 0.4) is 0 Å². The first kappa shape index (κ1) is 21.3. The fourth-order valence-electron chi connectivity index (χ4n) is 3.08. The molecule has 6 nitrogen and oxygen atoms in total. The predicted molar refractivity (Wildman–Crippen MR) is 101 cm³/mol. The van der Waals surface area contributed by atoms with Crippen molar-refractivity contribution in [2.24, 2.45) is 0 Å². The van der Waals surface area contributed by atoms with Crippen LogP contribution >= 0.6 is 0 Å². The van der Waals surface area contributed by atoms with E-state index in [0.29, 0.717) is 22.4 Å². The molecule has 0 aliphatic heterocycles. The van der Waals surface area contributed by atoms with Crippen molar-refractivity contribution in [3.8, 4) is 17.2 Å². The van der Waals surface area contributed by atoms with Crippen molar-refractivity contribution in [1.82, 2.24) is 10.3 Å². The molecule has 0 saturated heterocycles. The summed E-state index contributed by atoms with van der Waals surface area (Å²) in [6.45, 7) is 0. The average Bonchev–Trinajstić information content (AvgIpc) is 3.16. The van der Waals surface area contributed by atoms with Crippen molar-refractivity contribution in [1.29, 1.82) is 0 Å².